The van der Waals surface area contributed by atoms with Crippen LogP contribution in [0.25, 0.3) is 5.57 Å². The van der Waals surface area contributed by atoms with Crippen molar-refractivity contribution in [2.75, 3.05) is 24.5 Å². The smallest absolute Gasteiger partial charge is 0.348 e. The fourth-order valence-electron chi connectivity index (χ4n) is 5.55. The second-order valence-corrected chi connectivity index (χ2v) is 10.9. The van der Waals surface area contributed by atoms with E-state index >= 15 is 0 Å². The molecule has 1 aliphatic heterocycles. The van der Waals surface area contributed by atoms with Gasteiger partial charge in [-0.3, -0.25) is 9.69 Å². The first-order valence-electron chi connectivity index (χ1n) is 12.5. The summed E-state index contributed by atoms with van der Waals surface area (Å²) in [5.41, 5.74) is 7.70. The lowest BCUT2D eigenvalue weighted by atomic mass is 9.84. The number of piperidine rings is 1. The minimum Gasteiger partial charge on any atom is -0.477 e. The lowest BCUT2D eigenvalue weighted by molar-refractivity contribution is -0.124. The standard InChI is InChI=1S/C25H35F2N3O3S/c26-22(27)15-29-12-10-19(11-13-29)30(24(31)17-6-8-18(28)9-7-17)20-14-21(34-23(20)25(32)33)16-4-2-1-3-5-16/h4,14,17-19,22H,1-3,5-13,15,28H2,(H,32,33). The Morgan fingerprint density at radius 2 is 1.85 bits per heavy atom. The Hall–Kier alpha value is -1.84. The molecule has 6 nitrogen and oxygen atoms in total. The summed E-state index contributed by atoms with van der Waals surface area (Å²) in [6.07, 6.45) is 7.98. The van der Waals surface area contributed by atoms with Crippen molar-refractivity contribution in [2.24, 2.45) is 11.7 Å². The Kier molecular flexibility index (Phi) is 8.37. The monoisotopic (exact) mass is 495 g/mol. The Morgan fingerprint density at radius 1 is 1.15 bits per heavy atom. The molecule has 2 heterocycles. The molecule has 0 spiro atoms. The second kappa shape index (κ2) is 11.3. The van der Waals surface area contributed by atoms with E-state index in [1.54, 1.807) is 9.80 Å². The number of nitrogens with two attached hydrogens (primary N) is 1. The van der Waals surface area contributed by atoms with Crippen molar-refractivity contribution in [3.63, 3.8) is 0 Å². The summed E-state index contributed by atoms with van der Waals surface area (Å²) in [6, 6.07) is 1.80. The van der Waals surface area contributed by atoms with Crippen LogP contribution in [0.2, 0.25) is 0 Å². The molecule has 3 N–H and O–H groups in total. The highest BCUT2D eigenvalue weighted by Gasteiger charge is 2.37. The summed E-state index contributed by atoms with van der Waals surface area (Å²) in [7, 11) is 0. The van der Waals surface area contributed by atoms with Crippen LogP contribution in [0.1, 0.15) is 78.8 Å². The van der Waals surface area contributed by atoms with Crippen LogP contribution in [0.3, 0.4) is 0 Å². The predicted molar refractivity (Wildman–Crippen MR) is 131 cm³/mol. The van der Waals surface area contributed by atoms with Crippen LogP contribution in [-0.2, 0) is 4.79 Å². The van der Waals surface area contributed by atoms with E-state index in [-0.39, 0.29) is 35.3 Å². The number of anilines is 1. The second-order valence-electron chi connectivity index (χ2n) is 9.85. The third-order valence-corrected chi connectivity index (χ3v) is 8.64. The van der Waals surface area contributed by atoms with Crippen LogP contribution in [0, 0.1) is 5.92 Å². The van der Waals surface area contributed by atoms with Gasteiger partial charge in [0.1, 0.15) is 4.88 Å². The Morgan fingerprint density at radius 3 is 2.44 bits per heavy atom. The summed E-state index contributed by atoms with van der Waals surface area (Å²) < 4.78 is 25.8. The van der Waals surface area contributed by atoms with Crippen molar-refractivity contribution < 1.29 is 23.5 Å². The number of nitrogens with zero attached hydrogens (tertiary/aromatic N) is 2. The molecule has 1 aromatic rings. The quantitative estimate of drug-likeness (QED) is 0.557. The molecule has 2 aliphatic carbocycles. The average molecular weight is 496 g/mol. The highest BCUT2D eigenvalue weighted by molar-refractivity contribution is 7.15. The maximum atomic E-state index is 13.9. The van der Waals surface area contributed by atoms with Crippen molar-refractivity contribution in [3.8, 4) is 0 Å². The maximum Gasteiger partial charge on any atom is 0.348 e. The number of amides is 1. The molecule has 2 fully saturated rings. The van der Waals surface area contributed by atoms with Gasteiger partial charge in [-0.05, 0) is 75.8 Å². The fourth-order valence-corrected chi connectivity index (χ4v) is 6.60. The van der Waals surface area contributed by atoms with Crippen molar-refractivity contribution in [2.45, 2.75) is 82.7 Å². The van der Waals surface area contributed by atoms with Crippen LogP contribution in [0.15, 0.2) is 12.1 Å². The molecule has 0 atom stereocenters. The van der Waals surface area contributed by atoms with Crippen molar-refractivity contribution in [1.82, 2.24) is 4.90 Å². The van der Waals surface area contributed by atoms with E-state index in [0.29, 0.717) is 44.5 Å². The van der Waals surface area contributed by atoms with E-state index in [0.717, 1.165) is 49.0 Å². The number of likely N-dealkylation sites (tertiary alicyclic amines) is 1. The zero-order valence-corrected chi connectivity index (χ0v) is 20.4. The molecule has 34 heavy (non-hydrogen) atoms. The van der Waals surface area contributed by atoms with Gasteiger partial charge in [0.05, 0.1) is 12.2 Å². The van der Waals surface area contributed by atoms with E-state index in [9.17, 15) is 23.5 Å². The van der Waals surface area contributed by atoms with Gasteiger partial charge in [-0.1, -0.05) is 6.08 Å². The Balaban J connectivity index is 1.65. The molecule has 4 rings (SSSR count). The zero-order valence-electron chi connectivity index (χ0n) is 19.6. The molecule has 9 heteroatoms. The first-order valence-corrected chi connectivity index (χ1v) is 13.3. The number of alkyl halides is 2. The average Bonchev–Trinajstić information content (AvgIpc) is 3.26. The first-order chi connectivity index (χ1) is 16.3. The number of hydrogen-bond acceptors (Lipinski definition) is 5. The molecule has 1 saturated carbocycles. The number of carbonyl (C=O) groups excluding carboxylic acids is 1. The normalized spacial score (nSPS) is 24.8. The van der Waals surface area contributed by atoms with E-state index in [4.69, 9.17) is 5.73 Å². The summed E-state index contributed by atoms with van der Waals surface area (Å²) in [4.78, 5) is 30.7. The number of carboxylic acids is 1. The minimum atomic E-state index is -2.39. The zero-order chi connectivity index (χ0) is 24.2. The van der Waals surface area contributed by atoms with Crippen LogP contribution < -0.4 is 10.6 Å². The van der Waals surface area contributed by atoms with Gasteiger partial charge in [0.15, 0.2) is 0 Å². The third kappa shape index (κ3) is 5.86. The van der Waals surface area contributed by atoms with Crippen molar-refractivity contribution >= 4 is 34.5 Å². The number of hydrogen-bond donors (Lipinski definition) is 2. The largest absolute Gasteiger partial charge is 0.477 e. The van der Waals surface area contributed by atoms with Crippen LogP contribution in [0.4, 0.5) is 14.5 Å². The van der Waals surface area contributed by atoms with Crippen molar-refractivity contribution in [1.29, 1.82) is 0 Å². The predicted octanol–water partition coefficient (Wildman–Crippen LogP) is 4.98. The molecule has 0 aromatic carbocycles. The van der Waals surface area contributed by atoms with Crippen LogP contribution in [-0.4, -0.2) is 60.0 Å². The molecule has 188 valence electrons. The maximum absolute atomic E-state index is 13.9. The summed E-state index contributed by atoms with van der Waals surface area (Å²) in [6.45, 7) is 0.677. The van der Waals surface area contributed by atoms with E-state index in [1.165, 1.54) is 11.3 Å². The van der Waals surface area contributed by atoms with Crippen LogP contribution >= 0.6 is 11.3 Å². The van der Waals surface area contributed by atoms with Gasteiger partial charge in [0.25, 0.3) is 6.43 Å². The SMILES string of the molecule is NC1CCC(C(=O)N(c2cc(C3=CCCCC3)sc2C(=O)O)C2CCN(CC(F)F)CC2)CC1. The molecule has 1 saturated heterocycles. The summed E-state index contributed by atoms with van der Waals surface area (Å²) in [5.74, 6) is -1.25. The lowest BCUT2D eigenvalue weighted by Gasteiger charge is -2.40. The third-order valence-electron chi connectivity index (χ3n) is 7.45. The summed E-state index contributed by atoms with van der Waals surface area (Å²) >= 11 is 1.25. The number of allylic oxidation sites excluding steroid dienone is 2. The fraction of sp³-hybridized carbons (Fsp3) is 0.680. The van der Waals surface area contributed by atoms with Gasteiger partial charge in [-0.15, -0.1) is 11.3 Å². The van der Waals surface area contributed by atoms with Gasteiger partial charge in [0, 0.05) is 36.0 Å². The number of carboxylic acid groups (broad SMARTS) is 1. The highest BCUT2D eigenvalue weighted by atomic mass is 32.1. The topological polar surface area (TPSA) is 86.9 Å². The van der Waals surface area contributed by atoms with E-state index < -0.39 is 12.4 Å². The minimum absolute atomic E-state index is 0.0383. The molecular formula is C25H35F2N3O3S. The van der Waals surface area contributed by atoms with Gasteiger partial charge < -0.3 is 15.7 Å². The number of aromatic carboxylic acids is 1. The Bertz CT molecular complexity index is 903. The van der Waals surface area contributed by atoms with Gasteiger partial charge in [-0.25, -0.2) is 13.6 Å². The summed E-state index contributed by atoms with van der Waals surface area (Å²) in [5, 5.41) is 10.0. The highest BCUT2D eigenvalue weighted by Crippen LogP contribution is 2.41. The molecule has 3 aliphatic rings. The number of halogens is 2. The molecule has 1 amide bonds. The van der Waals surface area contributed by atoms with E-state index in [2.05, 4.69) is 6.08 Å². The van der Waals surface area contributed by atoms with Gasteiger partial charge >= 0.3 is 5.97 Å². The number of rotatable bonds is 7. The first kappa shape index (κ1) is 25.3. The van der Waals surface area contributed by atoms with Gasteiger partial charge in [0.2, 0.25) is 5.91 Å². The lowest BCUT2D eigenvalue weighted by Crippen LogP contribution is -2.51. The van der Waals surface area contributed by atoms with E-state index in [1.807, 2.05) is 6.07 Å². The molecule has 0 bridgehead atoms. The molecule has 0 radical (unpaired) electrons. The molecular weight excluding hydrogens is 460 g/mol. The van der Waals surface area contributed by atoms with Gasteiger partial charge in [-0.2, -0.15) is 0 Å². The molecule has 0 unspecified atom stereocenters. The Labute approximate surface area is 203 Å². The number of carbonyl (C=O) groups is 2. The number of thiophene rings is 1. The molecule has 1 aromatic heterocycles. The van der Waals surface area contributed by atoms with Crippen molar-refractivity contribution in [3.05, 3.63) is 21.9 Å². The van der Waals surface area contributed by atoms with Crippen LogP contribution in [0.5, 0.6) is 0 Å².